The van der Waals surface area contributed by atoms with Gasteiger partial charge in [0.05, 0.1) is 0 Å². The fraction of sp³-hybridized carbons (Fsp3) is 0.200. The van der Waals surface area contributed by atoms with E-state index < -0.39 is 0 Å². The van der Waals surface area contributed by atoms with Gasteiger partial charge in [-0.2, -0.15) is 0 Å². The third-order valence-electron chi connectivity index (χ3n) is 3.06. The van der Waals surface area contributed by atoms with Crippen molar-refractivity contribution in [1.29, 1.82) is 0 Å². The van der Waals surface area contributed by atoms with E-state index in [1.54, 1.807) is 12.4 Å². The molecule has 0 radical (unpaired) electrons. The van der Waals surface area contributed by atoms with Gasteiger partial charge in [-0.15, -0.1) is 0 Å². The van der Waals surface area contributed by atoms with Gasteiger partial charge in [-0.1, -0.05) is 25.1 Å². The van der Waals surface area contributed by atoms with E-state index in [1.165, 1.54) is 0 Å². The number of aromatic nitrogens is 1. The highest BCUT2D eigenvalue weighted by atomic mass is 79.9. The van der Waals surface area contributed by atoms with Crippen molar-refractivity contribution in [1.82, 2.24) is 4.98 Å². The van der Waals surface area contributed by atoms with Gasteiger partial charge in [0, 0.05) is 28.3 Å². The maximum atomic E-state index is 12.5. The van der Waals surface area contributed by atoms with Crippen LogP contribution < -0.4 is 0 Å². The van der Waals surface area contributed by atoms with Gasteiger partial charge >= 0.3 is 0 Å². The molecule has 0 saturated heterocycles. The van der Waals surface area contributed by atoms with Crippen molar-refractivity contribution < 1.29 is 4.79 Å². The summed E-state index contributed by atoms with van der Waals surface area (Å²) in [6, 6.07) is 9.51. The van der Waals surface area contributed by atoms with Crippen molar-refractivity contribution in [2.75, 3.05) is 0 Å². The van der Waals surface area contributed by atoms with Crippen LogP contribution >= 0.6 is 15.9 Å². The number of pyridine rings is 1. The number of carbonyl (C=O) groups is 1. The molecule has 0 saturated carbocycles. The first kappa shape index (κ1) is 13.0. The quantitative estimate of drug-likeness (QED) is 0.798. The number of carbonyl (C=O) groups excluding carboxylic acids is 1. The Morgan fingerprint density at radius 1 is 1.22 bits per heavy atom. The van der Waals surface area contributed by atoms with Gasteiger partial charge in [0.2, 0.25) is 0 Å². The fourth-order valence-electron chi connectivity index (χ4n) is 1.87. The molecule has 3 heteroatoms. The van der Waals surface area contributed by atoms with Crippen molar-refractivity contribution in [3.63, 3.8) is 0 Å². The van der Waals surface area contributed by atoms with E-state index in [2.05, 4.69) is 20.9 Å². The topological polar surface area (TPSA) is 30.0 Å². The van der Waals surface area contributed by atoms with Crippen molar-refractivity contribution in [2.45, 2.75) is 19.8 Å². The molecule has 18 heavy (non-hydrogen) atoms. The molecular formula is C15H14BrNO. The van der Waals surface area contributed by atoms with Gasteiger partial charge in [0.25, 0.3) is 0 Å². The number of halogens is 1. The molecule has 1 aromatic heterocycles. The Kier molecular flexibility index (Phi) is 3.92. The lowest BCUT2D eigenvalue weighted by Crippen LogP contribution is -2.10. The molecule has 0 bridgehead atoms. The summed E-state index contributed by atoms with van der Waals surface area (Å²) in [5, 5.41) is 0. The first-order valence-corrected chi connectivity index (χ1v) is 6.60. The van der Waals surface area contributed by atoms with Gasteiger partial charge in [-0.25, -0.2) is 0 Å². The zero-order chi connectivity index (χ0) is 13.1. The number of aryl methyl sites for hydroxylation is 1. The summed E-state index contributed by atoms with van der Waals surface area (Å²) in [4.78, 5) is 16.4. The maximum absolute atomic E-state index is 12.5. The van der Waals surface area contributed by atoms with Crippen LogP contribution in [0.2, 0.25) is 0 Å². The highest BCUT2D eigenvalue weighted by Crippen LogP contribution is 2.27. The molecule has 0 fully saturated rings. The van der Waals surface area contributed by atoms with Crippen LogP contribution in [0.3, 0.4) is 0 Å². The normalized spacial score (nSPS) is 12.2. The number of hydrogen-bond acceptors (Lipinski definition) is 2. The molecule has 2 nitrogen and oxygen atoms in total. The Balaban J connectivity index is 2.35. The average molecular weight is 304 g/mol. The molecule has 0 N–H and O–H groups in total. The summed E-state index contributed by atoms with van der Waals surface area (Å²) in [6.45, 7) is 3.91. The minimum Gasteiger partial charge on any atom is -0.293 e. The third-order valence-corrected chi connectivity index (χ3v) is 4.11. The van der Waals surface area contributed by atoms with Crippen LogP contribution in [0.4, 0.5) is 0 Å². The summed E-state index contributed by atoms with van der Waals surface area (Å²) in [5.41, 5.74) is 2.80. The molecule has 1 unspecified atom stereocenters. The number of ketones is 1. The predicted molar refractivity (Wildman–Crippen MR) is 75.9 cm³/mol. The van der Waals surface area contributed by atoms with Crippen LogP contribution in [0.15, 0.2) is 47.2 Å². The number of hydrogen-bond donors (Lipinski definition) is 0. The van der Waals surface area contributed by atoms with Crippen molar-refractivity contribution in [3.8, 4) is 0 Å². The smallest absolute Gasteiger partial charge is 0.171 e. The summed E-state index contributed by atoms with van der Waals surface area (Å²) in [7, 11) is 0. The standard InChI is InChI=1S/C15H14BrNO/c1-10-4-3-5-13(14(10)16)15(18)11(2)12-6-8-17-9-7-12/h3-9,11H,1-2H3. The first-order chi connectivity index (χ1) is 8.61. The molecule has 0 amide bonds. The summed E-state index contributed by atoms with van der Waals surface area (Å²) in [5.74, 6) is -0.0390. The molecule has 0 spiro atoms. The average Bonchev–Trinajstić information content (AvgIpc) is 2.41. The predicted octanol–water partition coefficient (Wildman–Crippen LogP) is 4.14. The van der Waals surface area contributed by atoms with Crippen LogP contribution in [0, 0.1) is 6.92 Å². The van der Waals surface area contributed by atoms with Crippen LogP contribution in [0.1, 0.15) is 34.3 Å². The number of benzene rings is 1. The maximum Gasteiger partial charge on any atom is 0.171 e. The van der Waals surface area contributed by atoms with Gasteiger partial charge < -0.3 is 0 Å². The molecule has 2 aromatic rings. The Morgan fingerprint density at radius 2 is 1.89 bits per heavy atom. The van der Waals surface area contributed by atoms with E-state index in [4.69, 9.17) is 0 Å². The summed E-state index contributed by atoms with van der Waals surface area (Å²) in [6.07, 6.45) is 3.43. The minimum atomic E-state index is -0.161. The zero-order valence-corrected chi connectivity index (χ0v) is 11.9. The molecule has 0 aliphatic rings. The molecule has 1 aromatic carbocycles. The van der Waals surface area contributed by atoms with Crippen molar-refractivity contribution in [2.24, 2.45) is 0 Å². The molecular weight excluding hydrogens is 290 g/mol. The number of nitrogens with zero attached hydrogens (tertiary/aromatic N) is 1. The van der Waals surface area contributed by atoms with Gasteiger partial charge in [-0.3, -0.25) is 9.78 Å². The zero-order valence-electron chi connectivity index (χ0n) is 10.4. The van der Waals surface area contributed by atoms with E-state index in [1.807, 2.05) is 44.2 Å². The minimum absolute atomic E-state index is 0.122. The highest BCUT2D eigenvalue weighted by molar-refractivity contribution is 9.10. The monoisotopic (exact) mass is 303 g/mol. The number of Topliss-reactive ketones (excluding diaryl/α,β-unsaturated/α-hetero) is 1. The molecule has 92 valence electrons. The lowest BCUT2D eigenvalue weighted by molar-refractivity contribution is 0.0965. The van der Waals surface area contributed by atoms with Crippen molar-refractivity contribution in [3.05, 3.63) is 63.9 Å². The second kappa shape index (κ2) is 5.44. The lowest BCUT2D eigenvalue weighted by Gasteiger charge is -2.12. The van der Waals surface area contributed by atoms with E-state index in [0.717, 1.165) is 21.2 Å². The van der Waals surface area contributed by atoms with Crippen LogP contribution in [-0.4, -0.2) is 10.8 Å². The third kappa shape index (κ3) is 2.51. The Labute approximate surface area is 115 Å². The molecule has 0 aliphatic carbocycles. The summed E-state index contributed by atoms with van der Waals surface area (Å²) < 4.78 is 0.885. The fourth-order valence-corrected chi connectivity index (χ4v) is 2.33. The largest absolute Gasteiger partial charge is 0.293 e. The number of rotatable bonds is 3. The Morgan fingerprint density at radius 3 is 2.56 bits per heavy atom. The van der Waals surface area contributed by atoms with E-state index >= 15 is 0 Å². The van der Waals surface area contributed by atoms with E-state index in [9.17, 15) is 4.79 Å². The SMILES string of the molecule is Cc1cccc(C(=O)C(C)c2ccncc2)c1Br. The van der Waals surface area contributed by atoms with Gasteiger partial charge in [-0.05, 0) is 46.1 Å². The van der Waals surface area contributed by atoms with Crippen LogP contribution in [-0.2, 0) is 0 Å². The summed E-state index contributed by atoms with van der Waals surface area (Å²) >= 11 is 3.49. The Hall–Kier alpha value is -1.48. The first-order valence-electron chi connectivity index (χ1n) is 5.80. The second-order valence-electron chi connectivity index (χ2n) is 4.30. The van der Waals surface area contributed by atoms with Crippen LogP contribution in [0.5, 0.6) is 0 Å². The van der Waals surface area contributed by atoms with Crippen molar-refractivity contribution >= 4 is 21.7 Å². The van der Waals surface area contributed by atoms with Gasteiger partial charge in [0.1, 0.15) is 0 Å². The Bertz CT molecular complexity index is 566. The highest BCUT2D eigenvalue weighted by Gasteiger charge is 2.19. The molecule has 1 heterocycles. The van der Waals surface area contributed by atoms with Crippen LogP contribution in [0.25, 0.3) is 0 Å². The molecule has 0 aliphatic heterocycles. The van der Waals surface area contributed by atoms with E-state index in [0.29, 0.717) is 0 Å². The second-order valence-corrected chi connectivity index (χ2v) is 5.10. The molecule has 1 atom stereocenters. The van der Waals surface area contributed by atoms with E-state index in [-0.39, 0.29) is 11.7 Å². The molecule has 2 rings (SSSR count). The lowest BCUT2D eigenvalue weighted by atomic mass is 9.92. The van der Waals surface area contributed by atoms with Gasteiger partial charge in [0.15, 0.2) is 5.78 Å².